The highest BCUT2D eigenvalue weighted by atomic mass is 35.5. The van der Waals surface area contributed by atoms with Gasteiger partial charge in [-0.05, 0) is 47.9 Å². The van der Waals surface area contributed by atoms with Crippen molar-refractivity contribution in [2.24, 2.45) is 0 Å². The molecule has 0 bridgehead atoms. The number of rotatable bonds is 5. The lowest BCUT2D eigenvalue weighted by atomic mass is 10.0. The molecule has 0 radical (unpaired) electrons. The van der Waals surface area contributed by atoms with Gasteiger partial charge in [0.05, 0.1) is 23.3 Å². The van der Waals surface area contributed by atoms with E-state index in [0.717, 1.165) is 40.1 Å². The zero-order valence-electron chi connectivity index (χ0n) is 16.1. The van der Waals surface area contributed by atoms with Crippen molar-refractivity contribution < 1.29 is 14.0 Å². The van der Waals surface area contributed by atoms with Gasteiger partial charge in [-0.1, -0.05) is 41.9 Å². The summed E-state index contributed by atoms with van der Waals surface area (Å²) >= 11 is 6.27. The van der Waals surface area contributed by atoms with Gasteiger partial charge in [0.25, 0.3) is 5.91 Å². The summed E-state index contributed by atoms with van der Waals surface area (Å²) in [5, 5.41) is 9.18. The molecule has 5 nitrogen and oxygen atoms in total. The summed E-state index contributed by atoms with van der Waals surface area (Å²) in [6.07, 6.45) is 3.82. The third-order valence-corrected chi connectivity index (χ3v) is 5.61. The second-order valence-corrected chi connectivity index (χ2v) is 8.00. The van der Waals surface area contributed by atoms with E-state index in [1.54, 1.807) is 24.5 Å². The number of halogens is 1. The smallest absolute Gasteiger partial charge is 0.253 e. The van der Waals surface area contributed by atoms with Crippen molar-refractivity contribution in [3.8, 4) is 0 Å². The van der Waals surface area contributed by atoms with Crippen molar-refractivity contribution in [1.29, 1.82) is 0 Å². The standard InChI is InChI=1S/C24H19ClN2O3/c25-20-12-17(8-9-19(20)24(29)27-16-6-7-16)26-22(28)11-15-13-30-21-10-5-14-3-1-2-4-18(14)23(15)21/h1-5,8-10,12-13,16H,6-7,11H2,(H,26,28)(H,27,29). The lowest BCUT2D eigenvalue weighted by Gasteiger charge is -2.09. The molecule has 1 aromatic heterocycles. The highest BCUT2D eigenvalue weighted by Gasteiger charge is 2.24. The maximum Gasteiger partial charge on any atom is 0.253 e. The molecule has 1 aliphatic rings. The Kier molecular flexibility index (Phi) is 4.68. The van der Waals surface area contributed by atoms with E-state index in [9.17, 15) is 9.59 Å². The van der Waals surface area contributed by atoms with E-state index in [-0.39, 0.29) is 24.3 Å². The Morgan fingerprint density at radius 3 is 2.70 bits per heavy atom. The van der Waals surface area contributed by atoms with Gasteiger partial charge in [-0.25, -0.2) is 0 Å². The van der Waals surface area contributed by atoms with E-state index in [1.165, 1.54) is 0 Å². The first-order chi connectivity index (χ1) is 14.6. The predicted molar refractivity (Wildman–Crippen MR) is 118 cm³/mol. The molecule has 5 rings (SSSR count). The number of amides is 2. The van der Waals surface area contributed by atoms with Crippen LogP contribution in [0.4, 0.5) is 5.69 Å². The van der Waals surface area contributed by atoms with Crippen LogP contribution < -0.4 is 10.6 Å². The zero-order valence-corrected chi connectivity index (χ0v) is 16.8. The Bertz CT molecular complexity index is 1290. The quantitative estimate of drug-likeness (QED) is 0.461. The average Bonchev–Trinajstić information content (AvgIpc) is 3.45. The van der Waals surface area contributed by atoms with Crippen molar-refractivity contribution in [2.45, 2.75) is 25.3 Å². The van der Waals surface area contributed by atoms with Crippen LogP contribution >= 0.6 is 11.6 Å². The maximum absolute atomic E-state index is 12.7. The number of hydrogen-bond acceptors (Lipinski definition) is 3. The Labute approximate surface area is 178 Å². The molecule has 2 N–H and O–H groups in total. The zero-order chi connectivity index (χ0) is 20.7. The molecule has 2 amide bonds. The first-order valence-electron chi connectivity index (χ1n) is 9.86. The normalized spacial score (nSPS) is 13.5. The minimum atomic E-state index is -0.183. The monoisotopic (exact) mass is 418 g/mol. The van der Waals surface area contributed by atoms with Crippen LogP contribution in [0.2, 0.25) is 5.02 Å². The molecular weight excluding hydrogens is 400 g/mol. The van der Waals surface area contributed by atoms with E-state index in [0.29, 0.717) is 16.3 Å². The number of carbonyl (C=O) groups is 2. The van der Waals surface area contributed by atoms with Crippen LogP contribution in [0.1, 0.15) is 28.8 Å². The van der Waals surface area contributed by atoms with Crippen LogP contribution in [0, 0.1) is 0 Å². The largest absolute Gasteiger partial charge is 0.464 e. The maximum atomic E-state index is 12.7. The van der Waals surface area contributed by atoms with Gasteiger partial charge >= 0.3 is 0 Å². The Morgan fingerprint density at radius 2 is 1.90 bits per heavy atom. The molecule has 6 heteroatoms. The first-order valence-corrected chi connectivity index (χ1v) is 10.2. The molecule has 4 aromatic rings. The van der Waals surface area contributed by atoms with Gasteiger partial charge in [-0.3, -0.25) is 9.59 Å². The topological polar surface area (TPSA) is 71.3 Å². The molecule has 1 heterocycles. The number of furan rings is 1. The van der Waals surface area contributed by atoms with E-state index in [1.807, 2.05) is 36.4 Å². The van der Waals surface area contributed by atoms with Gasteiger partial charge in [0.2, 0.25) is 5.91 Å². The summed E-state index contributed by atoms with van der Waals surface area (Å²) in [5.41, 5.74) is 2.54. The highest BCUT2D eigenvalue weighted by molar-refractivity contribution is 6.34. The fourth-order valence-electron chi connectivity index (χ4n) is 3.65. The van der Waals surface area contributed by atoms with Crippen LogP contribution in [0.25, 0.3) is 21.7 Å². The molecule has 150 valence electrons. The molecule has 0 atom stereocenters. The summed E-state index contributed by atoms with van der Waals surface area (Å²) in [5.74, 6) is -0.367. The molecule has 0 spiro atoms. The molecule has 1 fully saturated rings. The summed E-state index contributed by atoms with van der Waals surface area (Å²) in [7, 11) is 0. The van der Waals surface area contributed by atoms with Gasteiger partial charge in [0.15, 0.2) is 0 Å². The Balaban J connectivity index is 1.34. The minimum absolute atomic E-state index is 0.169. The van der Waals surface area contributed by atoms with Crippen LogP contribution in [0.15, 0.2) is 65.3 Å². The van der Waals surface area contributed by atoms with E-state index in [2.05, 4.69) is 10.6 Å². The van der Waals surface area contributed by atoms with Crippen LogP contribution in [-0.4, -0.2) is 17.9 Å². The molecule has 0 aliphatic heterocycles. The second-order valence-electron chi connectivity index (χ2n) is 7.59. The minimum Gasteiger partial charge on any atom is -0.464 e. The molecule has 1 aliphatic carbocycles. The molecule has 1 saturated carbocycles. The van der Waals surface area contributed by atoms with Gasteiger partial charge in [0, 0.05) is 22.7 Å². The summed E-state index contributed by atoms with van der Waals surface area (Å²) in [6.45, 7) is 0. The Morgan fingerprint density at radius 1 is 1.07 bits per heavy atom. The van der Waals surface area contributed by atoms with E-state index < -0.39 is 0 Å². The fourth-order valence-corrected chi connectivity index (χ4v) is 3.92. The Hall–Kier alpha value is -3.31. The van der Waals surface area contributed by atoms with Gasteiger partial charge in [-0.15, -0.1) is 0 Å². The lowest BCUT2D eigenvalue weighted by molar-refractivity contribution is -0.115. The summed E-state index contributed by atoms with van der Waals surface area (Å²) in [4.78, 5) is 24.9. The fraction of sp³-hybridized carbons (Fsp3) is 0.167. The SMILES string of the molecule is O=C(Cc1coc2ccc3ccccc3c12)Nc1ccc(C(=O)NC2CC2)c(Cl)c1. The molecular formula is C24H19ClN2O3. The van der Waals surface area contributed by atoms with E-state index >= 15 is 0 Å². The number of benzene rings is 3. The molecule has 0 unspecified atom stereocenters. The average molecular weight is 419 g/mol. The lowest BCUT2D eigenvalue weighted by Crippen LogP contribution is -2.25. The van der Waals surface area contributed by atoms with Crippen molar-refractivity contribution in [1.82, 2.24) is 5.32 Å². The number of nitrogens with one attached hydrogen (secondary N) is 2. The number of hydrogen-bond donors (Lipinski definition) is 2. The van der Waals surface area contributed by atoms with Crippen molar-refractivity contribution in [3.05, 3.63) is 77.0 Å². The highest BCUT2D eigenvalue weighted by Crippen LogP contribution is 2.30. The summed E-state index contributed by atoms with van der Waals surface area (Å²) in [6, 6.07) is 17.1. The van der Waals surface area contributed by atoms with Gasteiger partial charge in [-0.2, -0.15) is 0 Å². The van der Waals surface area contributed by atoms with Crippen molar-refractivity contribution >= 4 is 50.8 Å². The van der Waals surface area contributed by atoms with Crippen molar-refractivity contribution in [2.75, 3.05) is 5.32 Å². The van der Waals surface area contributed by atoms with E-state index in [4.69, 9.17) is 16.0 Å². The van der Waals surface area contributed by atoms with Crippen LogP contribution in [-0.2, 0) is 11.2 Å². The molecule has 30 heavy (non-hydrogen) atoms. The van der Waals surface area contributed by atoms with Crippen LogP contribution in [0.5, 0.6) is 0 Å². The number of fused-ring (bicyclic) bond motifs is 3. The third-order valence-electron chi connectivity index (χ3n) is 5.30. The molecule has 3 aromatic carbocycles. The molecule has 0 saturated heterocycles. The number of anilines is 1. The predicted octanol–water partition coefficient (Wildman–Crippen LogP) is 5.31. The third kappa shape index (κ3) is 3.64. The van der Waals surface area contributed by atoms with Gasteiger partial charge in [0.1, 0.15) is 5.58 Å². The van der Waals surface area contributed by atoms with Gasteiger partial charge < -0.3 is 15.1 Å². The summed E-state index contributed by atoms with van der Waals surface area (Å²) < 4.78 is 5.66. The van der Waals surface area contributed by atoms with Crippen molar-refractivity contribution in [3.63, 3.8) is 0 Å². The van der Waals surface area contributed by atoms with Crippen LogP contribution in [0.3, 0.4) is 0 Å². The second kappa shape index (κ2) is 7.50. The first kappa shape index (κ1) is 18.7. The number of carbonyl (C=O) groups excluding carboxylic acids is 2.